The number of amides is 1. The molecule has 0 fully saturated rings. The van der Waals surface area contributed by atoms with E-state index in [1.807, 2.05) is 43.7 Å². The lowest BCUT2D eigenvalue weighted by Crippen LogP contribution is -2.31. The van der Waals surface area contributed by atoms with Crippen LogP contribution in [0.1, 0.15) is 60.9 Å². The van der Waals surface area contributed by atoms with Gasteiger partial charge in [-0.25, -0.2) is 22.8 Å². The quantitative estimate of drug-likeness (QED) is 0.557. The van der Waals surface area contributed by atoms with E-state index in [2.05, 4.69) is 20.1 Å². The molecule has 0 radical (unpaired) electrons. The molecule has 2 heterocycles. The number of aryl methyl sites for hydroxylation is 1. The highest BCUT2D eigenvalue weighted by Crippen LogP contribution is 2.19. The van der Waals surface area contributed by atoms with Gasteiger partial charge in [0.25, 0.3) is 5.91 Å². The highest BCUT2D eigenvalue weighted by molar-refractivity contribution is 7.88. The second kappa shape index (κ2) is 9.15. The zero-order chi connectivity index (χ0) is 22.8. The average molecular weight is 444 g/mol. The fourth-order valence-electron chi connectivity index (χ4n) is 3.32. The van der Waals surface area contributed by atoms with E-state index in [4.69, 9.17) is 0 Å². The molecule has 2 N–H and O–H groups in total. The topological polar surface area (TPSA) is 106 Å². The lowest BCUT2D eigenvalue weighted by atomic mass is 10.1. The molecule has 0 aliphatic heterocycles. The molecule has 3 rings (SSSR count). The maximum Gasteiger partial charge on any atom is 0.253 e. The molecule has 2 aromatic heterocycles. The SMILES string of the molecule is Cc1nc2c(cnn2C(C)C)cc1C(=O)NCc1ccc(CS(=O)(=O)NC(C)C)cc1. The summed E-state index contributed by atoms with van der Waals surface area (Å²) in [7, 11) is -3.37. The van der Waals surface area contributed by atoms with Crippen LogP contribution >= 0.6 is 0 Å². The molecule has 9 heteroatoms. The Morgan fingerprint density at radius 2 is 1.74 bits per heavy atom. The Balaban J connectivity index is 1.66. The van der Waals surface area contributed by atoms with Crippen molar-refractivity contribution in [2.75, 3.05) is 0 Å². The minimum Gasteiger partial charge on any atom is -0.348 e. The van der Waals surface area contributed by atoms with Gasteiger partial charge < -0.3 is 5.32 Å². The number of aromatic nitrogens is 3. The molecular formula is C22H29N5O3S. The first-order chi connectivity index (χ1) is 14.6. The van der Waals surface area contributed by atoms with Crippen molar-refractivity contribution in [1.82, 2.24) is 24.8 Å². The molecule has 0 spiro atoms. The summed E-state index contributed by atoms with van der Waals surface area (Å²) in [6.45, 7) is 9.78. The summed E-state index contributed by atoms with van der Waals surface area (Å²) in [5, 5.41) is 8.09. The van der Waals surface area contributed by atoms with Gasteiger partial charge in [-0.3, -0.25) is 4.79 Å². The maximum absolute atomic E-state index is 12.7. The number of hydrogen-bond donors (Lipinski definition) is 2. The Morgan fingerprint density at radius 3 is 2.35 bits per heavy atom. The van der Waals surface area contributed by atoms with E-state index in [0.29, 0.717) is 23.4 Å². The third-order valence-corrected chi connectivity index (χ3v) is 6.29. The largest absolute Gasteiger partial charge is 0.348 e. The molecule has 0 saturated heterocycles. The lowest BCUT2D eigenvalue weighted by molar-refractivity contribution is 0.0950. The molecular weight excluding hydrogens is 414 g/mol. The van der Waals surface area contributed by atoms with Gasteiger partial charge in [-0.05, 0) is 51.8 Å². The van der Waals surface area contributed by atoms with E-state index in [1.165, 1.54) is 0 Å². The van der Waals surface area contributed by atoms with Gasteiger partial charge in [-0.1, -0.05) is 24.3 Å². The fourth-order valence-corrected chi connectivity index (χ4v) is 4.76. The first kappa shape index (κ1) is 22.9. The van der Waals surface area contributed by atoms with Crippen LogP contribution in [0.25, 0.3) is 11.0 Å². The molecule has 1 amide bonds. The minimum absolute atomic E-state index is 0.0766. The molecule has 0 saturated carbocycles. The Kier molecular flexibility index (Phi) is 6.76. The van der Waals surface area contributed by atoms with Crippen molar-refractivity contribution < 1.29 is 13.2 Å². The number of nitrogens with one attached hydrogen (secondary N) is 2. The Hall–Kier alpha value is -2.78. The Labute approximate surface area is 183 Å². The lowest BCUT2D eigenvalue weighted by Gasteiger charge is -2.11. The molecule has 0 atom stereocenters. The van der Waals surface area contributed by atoms with Crippen LogP contribution in [-0.2, 0) is 22.3 Å². The standard InChI is InChI=1S/C22H29N5O3S/c1-14(2)26-31(29,30)13-18-8-6-17(7-9-18)11-23-22(28)20-10-19-12-24-27(15(3)4)21(19)25-16(20)5/h6-10,12,14-15,26H,11,13H2,1-5H3,(H,23,28). The number of nitrogens with zero attached hydrogens (tertiary/aromatic N) is 3. The Morgan fingerprint density at radius 1 is 1.10 bits per heavy atom. The van der Waals surface area contributed by atoms with Crippen LogP contribution in [0.2, 0.25) is 0 Å². The van der Waals surface area contributed by atoms with Crippen molar-refractivity contribution >= 4 is 27.0 Å². The normalized spacial score (nSPS) is 12.1. The third-order valence-electron chi connectivity index (χ3n) is 4.74. The number of carbonyl (C=O) groups is 1. The molecule has 0 aliphatic carbocycles. The number of pyridine rings is 1. The summed E-state index contributed by atoms with van der Waals surface area (Å²) in [6.07, 6.45) is 1.72. The maximum atomic E-state index is 12.7. The van der Waals surface area contributed by atoms with Crippen LogP contribution in [0.4, 0.5) is 0 Å². The van der Waals surface area contributed by atoms with Crippen molar-refractivity contribution in [3.8, 4) is 0 Å². The molecule has 0 aliphatic rings. The molecule has 166 valence electrons. The van der Waals surface area contributed by atoms with Crippen molar-refractivity contribution in [2.24, 2.45) is 0 Å². The van der Waals surface area contributed by atoms with Crippen molar-refractivity contribution in [3.63, 3.8) is 0 Å². The van der Waals surface area contributed by atoms with Crippen molar-refractivity contribution in [3.05, 3.63) is 58.9 Å². The van der Waals surface area contributed by atoms with Gasteiger partial charge in [0, 0.05) is 24.0 Å². The van der Waals surface area contributed by atoms with E-state index >= 15 is 0 Å². The van der Waals surface area contributed by atoms with Crippen LogP contribution in [0.15, 0.2) is 36.5 Å². The molecule has 3 aromatic rings. The monoisotopic (exact) mass is 443 g/mol. The van der Waals surface area contributed by atoms with Crippen LogP contribution in [-0.4, -0.2) is 35.1 Å². The predicted molar refractivity (Wildman–Crippen MR) is 121 cm³/mol. The summed E-state index contributed by atoms with van der Waals surface area (Å²) in [6, 6.07) is 9.03. The third kappa shape index (κ3) is 5.68. The number of benzene rings is 1. The second-order valence-corrected chi connectivity index (χ2v) is 10.0. The summed E-state index contributed by atoms with van der Waals surface area (Å²) < 4.78 is 28.5. The van der Waals surface area contributed by atoms with Crippen molar-refractivity contribution in [2.45, 2.75) is 59.0 Å². The van der Waals surface area contributed by atoms with Gasteiger partial charge in [0.15, 0.2) is 5.65 Å². The summed E-state index contributed by atoms with van der Waals surface area (Å²) in [5.74, 6) is -0.288. The Bertz CT molecular complexity index is 1180. The van der Waals surface area contributed by atoms with E-state index < -0.39 is 10.0 Å². The molecule has 31 heavy (non-hydrogen) atoms. The van der Waals surface area contributed by atoms with Gasteiger partial charge in [0.1, 0.15) is 0 Å². The zero-order valence-electron chi connectivity index (χ0n) is 18.5. The first-order valence-corrected chi connectivity index (χ1v) is 11.9. The number of hydrogen-bond acceptors (Lipinski definition) is 5. The summed E-state index contributed by atoms with van der Waals surface area (Å²) in [5.41, 5.74) is 3.49. The fraction of sp³-hybridized carbons (Fsp3) is 0.409. The van der Waals surface area contributed by atoms with Gasteiger partial charge in [-0.15, -0.1) is 0 Å². The van der Waals surface area contributed by atoms with Crippen LogP contribution in [0.5, 0.6) is 0 Å². The highest BCUT2D eigenvalue weighted by Gasteiger charge is 2.16. The first-order valence-electron chi connectivity index (χ1n) is 10.3. The highest BCUT2D eigenvalue weighted by atomic mass is 32.2. The number of carbonyl (C=O) groups excluding carboxylic acids is 1. The average Bonchev–Trinajstić information content (AvgIpc) is 3.08. The van der Waals surface area contributed by atoms with Crippen LogP contribution in [0, 0.1) is 6.92 Å². The van der Waals surface area contributed by atoms with Crippen LogP contribution < -0.4 is 10.0 Å². The molecule has 0 unspecified atom stereocenters. The smallest absolute Gasteiger partial charge is 0.253 e. The van der Waals surface area contributed by atoms with Gasteiger partial charge in [-0.2, -0.15) is 5.10 Å². The minimum atomic E-state index is -3.37. The van der Waals surface area contributed by atoms with Gasteiger partial charge >= 0.3 is 0 Å². The van der Waals surface area contributed by atoms with E-state index in [-0.39, 0.29) is 23.7 Å². The molecule has 0 bridgehead atoms. The second-order valence-electron chi connectivity index (χ2n) is 8.25. The summed E-state index contributed by atoms with van der Waals surface area (Å²) in [4.78, 5) is 17.3. The van der Waals surface area contributed by atoms with E-state index in [0.717, 1.165) is 16.6 Å². The molecule has 8 nitrogen and oxygen atoms in total. The molecule has 1 aromatic carbocycles. The number of sulfonamides is 1. The van der Waals surface area contributed by atoms with Crippen molar-refractivity contribution in [1.29, 1.82) is 0 Å². The van der Waals surface area contributed by atoms with Gasteiger partial charge in [0.2, 0.25) is 10.0 Å². The number of rotatable bonds is 8. The zero-order valence-corrected chi connectivity index (χ0v) is 19.3. The predicted octanol–water partition coefficient (Wildman–Crippen LogP) is 3.08. The van der Waals surface area contributed by atoms with E-state index in [9.17, 15) is 13.2 Å². The number of fused-ring (bicyclic) bond motifs is 1. The van der Waals surface area contributed by atoms with Gasteiger partial charge in [0.05, 0.1) is 23.2 Å². The van der Waals surface area contributed by atoms with Crippen LogP contribution in [0.3, 0.4) is 0 Å². The summed E-state index contributed by atoms with van der Waals surface area (Å²) >= 11 is 0. The van der Waals surface area contributed by atoms with E-state index in [1.54, 1.807) is 32.2 Å².